The van der Waals surface area contributed by atoms with Gasteiger partial charge >= 0.3 is 5.97 Å². The Morgan fingerprint density at radius 3 is 2.68 bits per heavy atom. The van der Waals surface area contributed by atoms with Crippen LogP contribution < -0.4 is 0 Å². The number of allylic oxidation sites excluding steroid dienone is 1. The fraction of sp³-hybridized carbons (Fsp3) is 0.552. The molecule has 0 aliphatic carbocycles. The second-order valence-electron chi connectivity index (χ2n) is 10.4. The minimum atomic E-state index is -0.800. The SMILES string of the molecule is C=CCCCCOC(=O)[C@H]1[C@@H]2SC3(CC2Br)C(C(=O)N(CC=C)Cc2ccccc2)N([C@H](C)CO)C(=O)[C@H]13. The lowest BCUT2D eigenvalue weighted by molar-refractivity contribution is -0.154. The average molecular weight is 606 g/mol. The molecule has 1 N–H and O–H groups in total. The number of amides is 2. The van der Waals surface area contributed by atoms with Gasteiger partial charge in [-0.2, -0.15) is 0 Å². The van der Waals surface area contributed by atoms with Gasteiger partial charge in [0.25, 0.3) is 0 Å². The first kappa shape index (κ1) is 28.9. The molecule has 9 heteroatoms. The van der Waals surface area contributed by atoms with E-state index in [1.807, 2.05) is 36.4 Å². The van der Waals surface area contributed by atoms with E-state index in [9.17, 15) is 19.5 Å². The van der Waals surface area contributed by atoms with Crippen molar-refractivity contribution in [3.8, 4) is 0 Å². The van der Waals surface area contributed by atoms with Crippen molar-refractivity contribution in [1.29, 1.82) is 0 Å². The molecule has 206 valence electrons. The van der Waals surface area contributed by atoms with E-state index in [-0.39, 0.29) is 34.5 Å². The lowest BCUT2D eigenvalue weighted by atomic mass is 9.71. The van der Waals surface area contributed by atoms with E-state index in [2.05, 4.69) is 29.1 Å². The topological polar surface area (TPSA) is 87.2 Å². The number of carbonyl (C=O) groups excluding carboxylic acids is 3. The molecule has 3 aliphatic rings. The van der Waals surface area contributed by atoms with Crippen molar-refractivity contribution >= 4 is 45.5 Å². The number of benzene rings is 1. The Morgan fingerprint density at radius 1 is 1.29 bits per heavy atom. The van der Waals surface area contributed by atoms with Crippen LogP contribution in [0.1, 0.15) is 38.2 Å². The molecule has 1 aromatic carbocycles. The standard InChI is InChI=1S/C29H37BrN2O5S/c1-4-6-7-11-15-37-28(36)22-23-26(34)32(19(3)18-33)25(29(23)16-21(30)24(22)38-29)27(35)31(14-5-2)17-20-12-9-8-10-13-20/h4-5,8-10,12-13,19,21-25,33H,1-2,6-7,11,14-18H2,3H3/t19-,21?,22-,23+,24-,25?,29?/m1/s1. The number of ether oxygens (including phenoxy) is 1. The molecule has 38 heavy (non-hydrogen) atoms. The number of esters is 1. The van der Waals surface area contributed by atoms with Gasteiger partial charge in [0.15, 0.2) is 0 Å². The number of thioether (sulfide) groups is 1. The van der Waals surface area contributed by atoms with E-state index in [0.717, 1.165) is 24.8 Å². The maximum atomic E-state index is 14.3. The smallest absolute Gasteiger partial charge is 0.310 e. The van der Waals surface area contributed by atoms with Crippen LogP contribution in [0.4, 0.5) is 0 Å². The average Bonchev–Trinajstić information content (AvgIpc) is 3.51. The van der Waals surface area contributed by atoms with Gasteiger partial charge in [-0.25, -0.2) is 0 Å². The minimum Gasteiger partial charge on any atom is -0.465 e. The van der Waals surface area contributed by atoms with E-state index in [1.54, 1.807) is 34.6 Å². The molecule has 4 rings (SSSR count). The van der Waals surface area contributed by atoms with Gasteiger partial charge in [0.05, 0.1) is 35.8 Å². The molecule has 2 bridgehead atoms. The summed E-state index contributed by atoms with van der Waals surface area (Å²) in [5.74, 6) is -2.11. The highest BCUT2D eigenvalue weighted by atomic mass is 79.9. The van der Waals surface area contributed by atoms with Crippen molar-refractivity contribution < 1.29 is 24.2 Å². The number of halogens is 1. The molecule has 3 unspecified atom stereocenters. The second kappa shape index (κ2) is 12.4. The molecule has 1 spiro atoms. The number of carbonyl (C=O) groups is 3. The summed E-state index contributed by atoms with van der Waals surface area (Å²) >= 11 is 5.35. The lowest BCUT2D eigenvalue weighted by Crippen LogP contribution is -2.57. The highest BCUT2D eigenvalue weighted by Crippen LogP contribution is 2.68. The highest BCUT2D eigenvalue weighted by molar-refractivity contribution is 9.09. The van der Waals surface area contributed by atoms with Crippen LogP contribution in [-0.4, -0.2) is 79.4 Å². The number of unbranched alkanes of at least 4 members (excludes halogenated alkanes) is 2. The Hall–Kier alpha value is -2.10. The molecule has 3 saturated heterocycles. The number of aliphatic hydroxyl groups excluding tert-OH is 1. The number of hydrogen-bond acceptors (Lipinski definition) is 6. The Bertz CT molecular complexity index is 1050. The predicted octanol–water partition coefficient (Wildman–Crippen LogP) is 3.95. The summed E-state index contributed by atoms with van der Waals surface area (Å²) in [5.41, 5.74) is 0.975. The van der Waals surface area contributed by atoms with Gasteiger partial charge in [-0.3, -0.25) is 14.4 Å². The molecule has 3 heterocycles. The summed E-state index contributed by atoms with van der Waals surface area (Å²) in [5, 5.41) is 9.93. The van der Waals surface area contributed by atoms with Crippen molar-refractivity contribution in [3.05, 3.63) is 61.2 Å². The molecule has 3 aliphatic heterocycles. The third-order valence-electron chi connectivity index (χ3n) is 7.90. The van der Waals surface area contributed by atoms with Crippen molar-refractivity contribution in [3.63, 3.8) is 0 Å². The number of likely N-dealkylation sites (tertiary alicyclic amines) is 1. The van der Waals surface area contributed by atoms with Gasteiger partial charge in [-0.15, -0.1) is 24.9 Å². The first-order valence-electron chi connectivity index (χ1n) is 13.3. The van der Waals surface area contributed by atoms with Gasteiger partial charge in [-0.1, -0.05) is 58.4 Å². The zero-order valence-electron chi connectivity index (χ0n) is 21.8. The van der Waals surface area contributed by atoms with Crippen LogP contribution in [0.5, 0.6) is 0 Å². The first-order chi connectivity index (χ1) is 18.3. The molecule has 2 amide bonds. The number of rotatable bonds is 13. The summed E-state index contributed by atoms with van der Waals surface area (Å²) in [4.78, 5) is 45.0. The minimum absolute atomic E-state index is 0.0310. The molecule has 7 atom stereocenters. The fourth-order valence-corrected chi connectivity index (χ4v) is 9.78. The molecule has 0 aromatic heterocycles. The van der Waals surface area contributed by atoms with Gasteiger partial charge in [0.1, 0.15) is 6.04 Å². The van der Waals surface area contributed by atoms with Crippen LogP contribution in [0.15, 0.2) is 55.6 Å². The van der Waals surface area contributed by atoms with Crippen molar-refractivity contribution in [2.75, 3.05) is 19.8 Å². The van der Waals surface area contributed by atoms with Crippen LogP contribution in [0.25, 0.3) is 0 Å². The number of fused-ring (bicyclic) bond motifs is 1. The number of hydrogen-bond donors (Lipinski definition) is 1. The molecule has 0 radical (unpaired) electrons. The van der Waals surface area contributed by atoms with E-state index in [4.69, 9.17) is 4.74 Å². The Kier molecular flexibility index (Phi) is 9.42. The third-order valence-corrected chi connectivity index (χ3v) is 11.1. The fourth-order valence-electron chi connectivity index (χ4n) is 6.20. The Labute approximate surface area is 237 Å². The molecular formula is C29H37BrN2O5S. The predicted molar refractivity (Wildman–Crippen MR) is 153 cm³/mol. The molecule has 1 aromatic rings. The van der Waals surface area contributed by atoms with Crippen LogP contribution in [0, 0.1) is 11.8 Å². The van der Waals surface area contributed by atoms with Gasteiger partial charge in [0.2, 0.25) is 11.8 Å². The van der Waals surface area contributed by atoms with Crippen LogP contribution >= 0.6 is 27.7 Å². The Morgan fingerprint density at radius 2 is 2.03 bits per heavy atom. The second-order valence-corrected chi connectivity index (χ2v) is 13.1. The Balaban J connectivity index is 1.66. The largest absolute Gasteiger partial charge is 0.465 e. The summed E-state index contributed by atoms with van der Waals surface area (Å²) in [7, 11) is 0. The molecular weight excluding hydrogens is 568 g/mol. The number of nitrogens with zero attached hydrogens (tertiary/aromatic N) is 2. The molecule has 7 nitrogen and oxygen atoms in total. The maximum absolute atomic E-state index is 14.3. The normalized spacial score (nSPS) is 30.1. The summed E-state index contributed by atoms with van der Waals surface area (Å²) in [6, 6.07) is 8.34. The van der Waals surface area contributed by atoms with E-state index >= 15 is 0 Å². The summed E-state index contributed by atoms with van der Waals surface area (Å²) in [6.07, 6.45) is 6.58. The van der Waals surface area contributed by atoms with Crippen molar-refractivity contribution in [2.24, 2.45) is 11.8 Å². The molecule has 0 saturated carbocycles. The van der Waals surface area contributed by atoms with Crippen molar-refractivity contribution in [1.82, 2.24) is 9.80 Å². The van der Waals surface area contributed by atoms with Gasteiger partial charge in [0, 0.05) is 23.2 Å². The highest BCUT2D eigenvalue weighted by Gasteiger charge is 2.76. The van der Waals surface area contributed by atoms with Crippen LogP contribution in [0.3, 0.4) is 0 Å². The third kappa shape index (κ3) is 5.21. The molecule has 3 fully saturated rings. The zero-order valence-corrected chi connectivity index (χ0v) is 24.2. The monoisotopic (exact) mass is 604 g/mol. The van der Waals surface area contributed by atoms with Gasteiger partial charge in [-0.05, 0) is 38.2 Å². The first-order valence-corrected chi connectivity index (χ1v) is 15.1. The quantitative estimate of drug-likeness (QED) is 0.159. The number of aliphatic hydroxyl groups is 1. The zero-order chi connectivity index (χ0) is 27.4. The van der Waals surface area contributed by atoms with E-state index in [0.29, 0.717) is 26.1 Å². The lowest BCUT2D eigenvalue weighted by Gasteiger charge is -2.39. The van der Waals surface area contributed by atoms with Crippen LogP contribution in [-0.2, 0) is 25.7 Å². The van der Waals surface area contributed by atoms with E-state index < -0.39 is 28.7 Å². The van der Waals surface area contributed by atoms with Gasteiger partial charge < -0.3 is 19.6 Å². The maximum Gasteiger partial charge on any atom is 0.310 e. The summed E-state index contributed by atoms with van der Waals surface area (Å²) in [6.45, 7) is 10.0. The van der Waals surface area contributed by atoms with Crippen molar-refractivity contribution in [2.45, 2.75) is 66.1 Å². The van der Waals surface area contributed by atoms with Crippen LogP contribution in [0.2, 0.25) is 0 Å². The number of alkyl halides is 1. The van der Waals surface area contributed by atoms with E-state index in [1.165, 1.54) is 0 Å². The summed E-state index contributed by atoms with van der Waals surface area (Å²) < 4.78 is 4.89.